The Morgan fingerprint density at radius 3 is 2.71 bits per heavy atom. The zero-order chi connectivity index (χ0) is 10.3. The van der Waals surface area contributed by atoms with E-state index >= 15 is 0 Å². The SMILES string of the molecule is CC(C)(C)c1nc(C2CC2CN)cs1. The minimum atomic E-state index is 0.190. The fourth-order valence-electron chi connectivity index (χ4n) is 1.67. The Hall–Kier alpha value is -0.410. The summed E-state index contributed by atoms with van der Waals surface area (Å²) in [6.07, 6.45) is 1.24. The van der Waals surface area contributed by atoms with E-state index in [2.05, 4.69) is 26.2 Å². The van der Waals surface area contributed by atoms with Crippen LogP contribution in [0.25, 0.3) is 0 Å². The van der Waals surface area contributed by atoms with Crippen molar-refractivity contribution in [1.29, 1.82) is 0 Å². The molecule has 1 heterocycles. The summed E-state index contributed by atoms with van der Waals surface area (Å²) in [5, 5.41) is 3.45. The Morgan fingerprint density at radius 2 is 2.29 bits per heavy atom. The predicted molar refractivity (Wildman–Crippen MR) is 60.7 cm³/mol. The molecule has 0 aliphatic heterocycles. The molecule has 0 radical (unpaired) electrons. The largest absolute Gasteiger partial charge is 0.330 e. The minimum absolute atomic E-state index is 0.190. The van der Waals surface area contributed by atoms with Crippen LogP contribution in [0.2, 0.25) is 0 Å². The fourth-order valence-corrected chi connectivity index (χ4v) is 2.64. The molecule has 0 amide bonds. The first kappa shape index (κ1) is 10.1. The first-order valence-electron chi connectivity index (χ1n) is 5.18. The molecule has 14 heavy (non-hydrogen) atoms. The number of nitrogens with two attached hydrogens (primary N) is 1. The van der Waals surface area contributed by atoms with Crippen LogP contribution in [0, 0.1) is 5.92 Å². The van der Waals surface area contributed by atoms with Crippen LogP contribution in [-0.4, -0.2) is 11.5 Å². The van der Waals surface area contributed by atoms with Crippen molar-refractivity contribution in [2.24, 2.45) is 11.7 Å². The summed E-state index contributed by atoms with van der Waals surface area (Å²) in [5.41, 5.74) is 7.09. The van der Waals surface area contributed by atoms with Crippen molar-refractivity contribution < 1.29 is 0 Å². The van der Waals surface area contributed by atoms with Gasteiger partial charge in [0, 0.05) is 16.7 Å². The lowest BCUT2D eigenvalue weighted by molar-refractivity contribution is 0.582. The van der Waals surface area contributed by atoms with Gasteiger partial charge in [-0.25, -0.2) is 4.98 Å². The number of nitrogens with zero attached hydrogens (tertiary/aromatic N) is 1. The monoisotopic (exact) mass is 210 g/mol. The van der Waals surface area contributed by atoms with Crippen molar-refractivity contribution in [2.45, 2.75) is 38.5 Å². The number of hydrogen-bond acceptors (Lipinski definition) is 3. The van der Waals surface area contributed by atoms with Gasteiger partial charge < -0.3 is 5.73 Å². The highest BCUT2D eigenvalue weighted by molar-refractivity contribution is 7.09. The van der Waals surface area contributed by atoms with Gasteiger partial charge in [0.05, 0.1) is 10.7 Å². The summed E-state index contributed by atoms with van der Waals surface area (Å²) in [7, 11) is 0. The van der Waals surface area contributed by atoms with Gasteiger partial charge in [-0.15, -0.1) is 11.3 Å². The molecule has 0 bridgehead atoms. The molecule has 2 rings (SSSR count). The first-order valence-corrected chi connectivity index (χ1v) is 6.06. The number of thiazole rings is 1. The molecular formula is C11H18N2S. The Kier molecular flexibility index (Phi) is 2.40. The maximum atomic E-state index is 5.63. The van der Waals surface area contributed by atoms with E-state index in [1.54, 1.807) is 11.3 Å². The Morgan fingerprint density at radius 1 is 1.57 bits per heavy atom. The molecule has 2 atom stereocenters. The molecule has 0 spiro atoms. The van der Waals surface area contributed by atoms with Crippen molar-refractivity contribution in [2.75, 3.05) is 6.54 Å². The van der Waals surface area contributed by atoms with Crippen molar-refractivity contribution in [3.8, 4) is 0 Å². The molecule has 1 aromatic heterocycles. The average molecular weight is 210 g/mol. The molecule has 1 aromatic rings. The van der Waals surface area contributed by atoms with Gasteiger partial charge >= 0.3 is 0 Å². The standard InChI is InChI=1S/C11H18N2S/c1-11(2,3)10-13-9(6-14-10)8-4-7(8)5-12/h6-8H,4-5,12H2,1-3H3. The highest BCUT2D eigenvalue weighted by atomic mass is 32.1. The molecule has 78 valence electrons. The number of rotatable bonds is 2. The lowest BCUT2D eigenvalue weighted by Gasteiger charge is -2.13. The summed E-state index contributed by atoms with van der Waals surface area (Å²) >= 11 is 1.79. The summed E-state index contributed by atoms with van der Waals surface area (Å²) in [6.45, 7) is 7.45. The number of aromatic nitrogens is 1. The van der Waals surface area contributed by atoms with E-state index < -0.39 is 0 Å². The van der Waals surface area contributed by atoms with Gasteiger partial charge in [-0.1, -0.05) is 20.8 Å². The van der Waals surface area contributed by atoms with E-state index in [1.807, 2.05) is 0 Å². The van der Waals surface area contributed by atoms with Gasteiger partial charge in [-0.3, -0.25) is 0 Å². The highest BCUT2D eigenvalue weighted by Gasteiger charge is 2.39. The summed E-state index contributed by atoms with van der Waals surface area (Å²) in [5.74, 6) is 1.36. The van der Waals surface area contributed by atoms with Gasteiger partial charge in [0.2, 0.25) is 0 Å². The molecule has 2 nitrogen and oxygen atoms in total. The molecule has 2 unspecified atom stereocenters. The molecule has 2 N–H and O–H groups in total. The second-order valence-electron chi connectivity index (χ2n) is 5.17. The normalized spacial score (nSPS) is 26.6. The van der Waals surface area contributed by atoms with Crippen LogP contribution in [0.4, 0.5) is 0 Å². The lowest BCUT2D eigenvalue weighted by Crippen LogP contribution is -2.10. The second-order valence-corrected chi connectivity index (χ2v) is 6.02. The topological polar surface area (TPSA) is 38.9 Å². The van der Waals surface area contributed by atoms with Crippen LogP contribution in [0.5, 0.6) is 0 Å². The van der Waals surface area contributed by atoms with Gasteiger partial charge in [0.25, 0.3) is 0 Å². The van der Waals surface area contributed by atoms with Crippen molar-refractivity contribution in [3.05, 3.63) is 16.1 Å². The van der Waals surface area contributed by atoms with E-state index in [0.29, 0.717) is 11.8 Å². The van der Waals surface area contributed by atoms with Crippen LogP contribution in [0.15, 0.2) is 5.38 Å². The van der Waals surface area contributed by atoms with Crippen molar-refractivity contribution in [3.63, 3.8) is 0 Å². The zero-order valence-electron chi connectivity index (χ0n) is 9.08. The highest BCUT2D eigenvalue weighted by Crippen LogP contribution is 2.47. The minimum Gasteiger partial charge on any atom is -0.330 e. The van der Waals surface area contributed by atoms with Crippen LogP contribution in [0.3, 0.4) is 0 Å². The van der Waals surface area contributed by atoms with Crippen molar-refractivity contribution >= 4 is 11.3 Å². The van der Waals surface area contributed by atoms with E-state index in [0.717, 1.165) is 6.54 Å². The molecule has 3 heteroatoms. The van der Waals surface area contributed by atoms with Crippen LogP contribution in [0.1, 0.15) is 43.8 Å². The van der Waals surface area contributed by atoms with E-state index in [4.69, 9.17) is 10.7 Å². The van der Waals surface area contributed by atoms with Gasteiger partial charge in [0.15, 0.2) is 0 Å². The summed E-state index contributed by atoms with van der Waals surface area (Å²) in [6, 6.07) is 0. The average Bonchev–Trinajstić information content (AvgIpc) is 2.71. The Labute approximate surface area is 89.5 Å². The smallest absolute Gasteiger partial charge is 0.0981 e. The first-order chi connectivity index (χ1) is 6.52. The molecular weight excluding hydrogens is 192 g/mol. The predicted octanol–water partition coefficient (Wildman–Crippen LogP) is 2.50. The second kappa shape index (κ2) is 3.31. The number of hydrogen-bond donors (Lipinski definition) is 1. The third-order valence-corrected chi connectivity index (χ3v) is 4.06. The van der Waals surface area contributed by atoms with E-state index in [-0.39, 0.29) is 5.41 Å². The zero-order valence-corrected chi connectivity index (χ0v) is 9.90. The van der Waals surface area contributed by atoms with Crippen LogP contribution >= 0.6 is 11.3 Å². The van der Waals surface area contributed by atoms with Crippen molar-refractivity contribution in [1.82, 2.24) is 4.98 Å². The molecule has 1 fully saturated rings. The molecule has 1 aliphatic carbocycles. The lowest BCUT2D eigenvalue weighted by atomic mass is 9.98. The molecule has 0 saturated heterocycles. The Balaban J connectivity index is 2.12. The Bertz CT molecular complexity index is 324. The third-order valence-electron chi connectivity index (χ3n) is 2.77. The quantitative estimate of drug-likeness (QED) is 0.814. The maximum Gasteiger partial charge on any atom is 0.0981 e. The fraction of sp³-hybridized carbons (Fsp3) is 0.727. The molecule has 1 saturated carbocycles. The van der Waals surface area contributed by atoms with Crippen LogP contribution in [-0.2, 0) is 5.41 Å². The van der Waals surface area contributed by atoms with Crippen LogP contribution < -0.4 is 5.73 Å². The van der Waals surface area contributed by atoms with E-state index in [9.17, 15) is 0 Å². The van der Waals surface area contributed by atoms with Gasteiger partial charge in [0.1, 0.15) is 0 Å². The van der Waals surface area contributed by atoms with Gasteiger partial charge in [-0.05, 0) is 18.9 Å². The summed E-state index contributed by atoms with van der Waals surface area (Å²) in [4.78, 5) is 4.70. The third kappa shape index (κ3) is 1.84. The molecule has 0 aromatic carbocycles. The van der Waals surface area contributed by atoms with Gasteiger partial charge in [-0.2, -0.15) is 0 Å². The maximum absolute atomic E-state index is 5.63. The summed E-state index contributed by atoms with van der Waals surface area (Å²) < 4.78 is 0. The molecule has 1 aliphatic rings. The van der Waals surface area contributed by atoms with E-state index in [1.165, 1.54) is 17.1 Å².